The first kappa shape index (κ1) is 21.9. The molecule has 1 heterocycles. The van der Waals surface area contributed by atoms with E-state index in [4.69, 9.17) is 11.6 Å². The van der Waals surface area contributed by atoms with E-state index in [9.17, 15) is 22.8 Å². The predicted octanol–water partition coefficient (Wildman–Crippen LogP) is 4.77. The zero-order valence-electron chi connectivity index (χ0n) is 15.6. The first-order chi connectivity index (χ1) is 14.2. The minimum absolute atomic E-state index is 0.142. The Labute approximate surface area is 178 Å². The molecule has 0 aliphatic rings. The lowest BCUT2D eigenvalue weighted by Crippen LogP contribution is -2.27. The van der Waals surface area contributed by atoms with Gasteiger partial charge in [-0.3, -0.25) is 14.2 Å². The van der Waals surface area contributed by atoms with E-state index >= 15 is 0 Å². The van der Waals surface area contributed by atoms with Crippen molar-refractivity contribution in [2.24, 2.45) is 0 Å². The van der Waals surface area contributed by atoms with Crippen LogP contribution in [0.25, 0.3) is 10.9 Å². The minimum atomic E-state index is -1.68. The Morgan fingerprint density at radius 1 is 1.30 bits per heavy atom. The quantitative estimate of drug-likeness (QED) is 0.253. The molecule has 1 atom stereocenters. The molecule has 0 aliphatic heterocycles. The Morgan fingerprint density at radius 3 is 2.73 bits per heavy atom. The van der Waals surface area contributed by atoms with Gasteiger partial charge in [-0.25, -0.2) is 18.2 Å². The molecule has 1 N–H and O–H groups in total. The highest BCUT2D eigenvalue weighted by atomic mass is 35.5. The normalized spacial score (nSPS) is 12.0. The molecule has 2 aromatic carbocycles. The van der Waals surface area contributed by atoms with Crippen LogP contribution in [0, 0.1) is 17.5 Å². The number of amides is 1. The van der Waals surface area contributed by atoms with Gasteiger partial charge in [0.25, 0.3) is 5.56 Å². The fourth-order valence-corrected chi connectivity index (χ4v) is 3.71. The number of carbonyl (C=O) groups excluding carboxylic acids is 1. The largest absolute Gasteiger partial charge is 0.323 e. The van der Waals surface area contributed by atoms with Crippen molar-refractivity contribution in [3.63, 3.8) is 0 Å². The molecule has 0 aliphatic carbocycles. The highest BCUT2D eigenvalue weighted by Gasteiger charge is 2.22. The van der Waals surface area contributed by atoms with Crippen LogP contribution in [-0.2, 0) is 11.3 Å². The number of anilines is 1. The lowest BCUT2D eigenvalue weighted by atomic mass is 10.2. The van der Waals surface area contributed by atoms with Crippen LogP contribution in [0.2, 0.25) is 5.02 Å². The maximum Gasteiger partial charge on any atom is 0.262 e. The summed E-state index contributed by atoms with van der Waals surface area (Å²) in [6.07, 6.45) is 1.50. The van der Waals surface area contributed by atoms with Gasteiger partial charge in [-0.05, 0) is 37.3 Å². The summed E-state index contributed by atoms with van der Waals surface area (Å²) >= 11 is 6.91. The molecule has 1 amide bonds. The second-order valence-electron chi connectivity index (χ2n) is 6.23. The van der Waals surface area contributed by atoms with Crippen LogP contribution < -0.4 is 10.9 Å². The maximum absolute atomic E-state index is 13.8. The third-order valence-corrected chi connectivity index (χ3v) is 5.46. The van der Waals surface area contributed by atoms with Crippen molar-refractivity contribution in [2.75, 3.05) is 5.32 Å². The third kappa shape index (κ3) is 4.36. The molecule has 5 nitrogen and oxygen atoms in total. The van der Waals surface area contributed by atoms with E-state index in [0.717, 1.165) is 17.8 Å². The Bertz CT molecular complexity index is 1220. The molecule has 3 aromatic rings. The van der Waals surface area contributed by atoms with E-state index in [1.165, 1.54) is 23.6 Å². The third-order valence-electron chi connectivity index (χ3n) is 4.14. The summed E-state index contributed by atoms with van der Waals surface area (Å²) in [4.78, 5) is 29.7. The second-order valence-corrected chi connectivity index (χ2v) is 7.98. The predicted molar refractivity (Wildman–Crippen MR) is 111 cm³/mol. The number of allylic oxidation sites excluding steroid dienone is 1. The number of nitrogens with zero attached hydrogens (tertiary/aromatic N) is 2. The van der Waals surface area contributed by atoms with Crippen LogP contribution >= 0.6 is 23.4 Å². The fourth-order valence-electron chi connectivity index (χ4n) is 2.62. The molecule has 1 aromatic heterocycles. The van der Waals surface area contributed by atoms with Crippen LogP contribution in [0.1, 0.15) is 6.92 Å². The number of hydrogen-bond acceptors (Lipinski definition) is 4. The molecule has 0 radical (unpaired) electrons. The number of hydrogen-bond donors (Lipinski definition) is 1. The number of carbonyl (C=O) groups is 1. The topological polar surface area (TPSA) is 64.0 Å². The van der Waals surface area contributed by atoms with Crippen molar-refractivity contribution < 1.29 is 18.0 Å². The van der Waals surface area contributed by atoms with Gasteiger partial charge in [0, 0.05) is 11.6 Å². The summed E-state index contributed by atoms with van der Waals surface area (Å²) in [5.74, 6) is -5.21. The van der Waals surface area contributed by atoms with Crippen molar-refractivity contribution in [1.29, 1.82) is 0 Å². The summed E-state index contributed by atoms with van der Waals surface area (Å²) in [5.41, 5.74) is -0.452. The van der Waals surface area contributed by atoms with Crippen LogP contribution in [0.5, 0.6) is 0 Å². The monoisotopic (exact) mass is 453 g/mol. The zero-order valence-corrected chi connectivity index (χ0v) is 17.2. The van der Waals surface area contributed by atoms with Crippen molar-refractivity contribution >= 4 is 45.9 Å². The molecule has 1 unspecified atom stereocenters. The molecule has 0 saturated heterocycles. The highest BCUT2D eigenvalue weighted by molar-refractivity contribution is 8.00. The molecular weight excluding hydrogens is 439 g/mol. The Morgan fingerprint density at radius 2 is 2.03 bits per heavy atom. The standard InChI is InChI=1S/C20H15ClF3N3O2S/c1-3-8-27-19(29)12-9-11(21)4-6-14(12)26-20(27)30-10(2)18(28)25-15-7-5-13(22)16(23)17(15)24/h3-7,9-10H,1,8H2,2H3,(H,25,28). The first-order valence-electron chi connectivity index (χ1n) is 8.65. The second kappa shape index (κ2) is 8.93. The number of nitrogens with one attached hydrogen (secondary N) is 1. The van der Waals surface area contributed by atoms with Gasteiger partial charge in [0.2, 0.25) is 5.91 Å². The average molecular weight is 454 g/mol. The number of aromatic nitrogens is 2. The average Bonchev–Trinajstić information content (AvgIpc) is 2.71. The van der Waals surface area contributed by atoms with Crippen molar-refractivity contribution in [2.45, 2.75) is 23.9 Å². The number of thioether (sulfide) groups is 1. The van der Waals surface area contributed by atoms with Crippen LogP contribution in [0.4, 0.5) is 18.9 Å². The van der Waals surface area contributed by atoms with E-state index in [2.05, 4.69) is 16.9 Å². The van der Waals surface area contributed by atoms with Crippen molar-refractivity contribution in [1.82, 2.24) is 9.55 Å². The van der Waals surface area contributed by atoms with Crippen LogP contribution in [-0.4, -0.2) is 20.7 Å². The summed E-state index contributed by atoms with van der Waals surface area (Å²) in [7, 11) is 0. The molecule has 0 fully saturated rings. The maximum atomic E-state index is 13.8. The summed E-state index contributed by atoms with van der Waals surface area (Å²) < 4.78 is 41.6. The summed E-state index contributed by atoms with van der Waals surface area (Å²) in [5, 5.41) is 2.31. The van der Waals surface area contributed by atoms with Gasteiger partial charge < -0.3 is 5.32 Å². The fraction of sp³-hybridized carbons (Fsp3) is 0.150. The minimum Gasteiger partial charge on any atom is -0.323 e. The number of halogens is 4. The van der Waals surface area contributed by atoms with Gasteiger partial charge in [0.15, 0.2) is 22.6 Å². The molecule has 0 bridgehead atoms. The van der Waals surface area contributed by atoms with E-state index < -0.39 is 34.3 Å². The molecule has 10 heteroatoms. The Kier molecular flexibility index (Phi) is 6.52. The molecular formula is C20H15ClF3N3O2S. The van der Waals surface area contributed by atoms with Gasteiger partial charge in [-0.15, -0.1) is 6.58 Å². The number of fused-ring (bicyclic) bond motifs is 1. The lowest BCUT2D eigenvalue weighted by molar-refractivity contribution is -0.115. The van der Waals surface area contributed by atoms with Gasteiger partial charge in [-0.1, -0.05) is 29.4 Å². The van der Waals surface area contributed by atoms with Crippen LogP contribution in [0.15, 0.2) is 52.9 Å². The molecule has 30 heavy (non-hydrogen) atoms. The van der Waals surface area contributed by atoms with Gasteiger partial charge >= 0.3 is 0 Å². The Hall–Kier alpha value is -2.78. The summed E-state index contributed by atoms with van der Waals surface area (Å²) in [6, 6.07) is 6.31. The zero-order chi connectivity index (χ0) is 22.0. The molecule has 0 spiro atoms. The lowest BCUT2D eigenvalue weighted by Gasteiger charge is -2.16. The number of benzene rings is 2. The molecule has 3 rings (SSSR count). The SMILES string of the molecule is C=CCn1c(SC(C)C(=O)Nc2ccc(F)c(F)c2F)nc2ccc(Cl)cc2c1=O. The van der Waals surface area contributed by atoms with E-state index in [1.54, 1.807) is 12.1 Å². The Balaban J connectivity index is 1.91. The highest BCUT2D eigenvalue weighted by Crippen LogP contribution is 2.26. The first-order valence-corrected chi connectivity index (χ1v) is 9.90. The number of rotatable bonds is 6. The molecule has 156 valence electrons. The van der Waals surface area contributed by atoms with Crippen molar-refractivity contribution in [3.8, 4) is 0 Å². The van der Waals surface area contributed by atoms with Gasteiger partial charge in [0.05, 0.1) is 21.8 Å². The van der Waals surface area contributed by atoms with Gasteiger partial charge in [0.1, 0.15) is 0 Å². The summed E-state index contributed by atoms with van der Waals surface area (Å²) in [6.45, 7) is 5.27. The van der Waals surface area contributed by atoms with E-state index in [0.29, 0.717) is 22.0 Å². The van der Waals surface area contributed by atoms with Gasteiger partial charge in [-0.2, -0.15) is 0 Å². The molecule has 0 saturated carbocycles. The smallest absolute Gasteiger partial charge is 0.262 e. The van der Waals surface area contributed by atoms with E-state index in [1.807, 2.05) is 0 Å². The van der Waals surface area contributed by atoms with E-state index in [-0.39, 0.29) is 17.3 Å². The van der Waals surface area contributed by atoms with Crippen molar-refractivity contribution in [3.05, 3.63) is 75.8 Å². The van der Waals surface area contributed by atoms with Crippen LogP contribution in [0.3, 0.4) is 0 Å².